The van der Waals surface area contributed by atoms with Crippen LogP contribution in [0.25, 0.3) is 12.2 Å². The lowest BCUT2D eigenvalue weighted by molar-refractivity contribution is -0.232. The molecule has 1 saturated heterocycles. The number of ether oxygens (including phenoxy) is 1. The standard InChI is InChI=1S/C20H22O8/c21-9-15-17(25)18(26)19(27)20(28-15)16-11(7-13(23)8-14(16)24)4-1-10-2-5-12(22)6-3-10/h1-8,15,17-27H,9H2/b4-1+/t15-,17-,18+,19-,20+/m1/s1. The molecule has 0 aliphatic carbocycles. The fourth-order valence-electron chi connectivity index (χ4n) is 3.20. The zero-order valence-corrected chi connectivity index (χ0v) is 14.8. The van der Waals surface area contributed by atoms with Gasteiger partial charge >= 0.3 is 0 Å². The van der Waals surface area contributed by atoms with Gasteiger partial charge in [0.05, 0.1) is 6.61 Å². The first-order valence-electron chi connectivity index (χ1n) is 8.65. The van der Waals surface area contributed by atoms with E-state index in [4.69, 9.17) is 4.74 Å². The fourth-order valence-corrected chi connectivity index (χ4v) is 3.20. The molecule has 3 rings (SSSR count). The molecular formula is C20H22O8. The minimum absolute atomic E-state index is 0.0877. The van der Waals surface area contributed by atoms with Crippen LogP contribution in [0.15, 0.2) is 36.4 Å². The maximum absolute atomic E-state index is 10.4. The van der Waals surface area contributed by atoms with Gasteiger partial charge in [-0.3, -0.25) is 0 Å². The molecule has 1 aliphatic rings. The van der Waals surface area contributed by atoms with E-state index < -0.39 is 37.1 Å². The molecule has 8 heteroatoms. The van der Waals surface area contributed by atoms with E-state index in [0.717, 1.165) is 11.6 Å². The van der Waals surface area contributed by atoms with Crippen LogP contribution in [0.1, 0.15) is 22.8 Å². The zero-order chi connectivity index (χ0) is 20.4. The summed E-state index contributed by atoms with van der Waals surface area (Å²) in [4.78, 5) is 0. The molecule has 0 bridgehead atoms. The average Bonchev–Trinajstić information content (AvgIpc) is 2.66. The molecule has 7 N–H and O–H groups in total. The summed E-state index contributed by atoms with van der Waals surface area (Å²) in [5, 5.41) is 69.3. The Balaban J connectivity index is 2.01. The summed E-state index contributed by atoms with van der Waals surface area (Å²) in [6.07, 6.45) is -3.87. The van der Waals surface area contributed by atoms with Gasteiger partial charge in [-0.05, 0) is 29.3 Å². The van der Waals surface area contributed by atoms with Gasteiger partial charge in [-0.25, -0.2) is 0 Å². The van der Waals surface area contributed by atoms with Crippen LogP contribution in [0, 0.1) is 0 Å². The number of aliphatic hydroxyl groups excluding tert-OH is 4. The molecule has 0 saturated carbocycles. The molecule has 0 amide bonds. The van der Waals surface area contributed by atoms with Crippen LogP contribution in [-0.4, -0.2) is 66.8 Å². The van der Waals surface area contributed by atoms with Gasteiger partial charge in [0.25, 0.3) is 0 Å². The number of aliphatic hydroxyl groups is 4. The topological polar surface area (TPSA) is 151 Å². The average molecular weight is 390 g/mol. The van der Waals surface area contributed by atoms with Gasteiger partial charge in [-0.1, -0.05) is 24.3 Å². The minimum atomic E-state index is -1.60. The summed E-state index contributed by atoms with van der Waals surface area (Å²) in [5.74, 6) is -0.500. The number of aromatic hydroxyl groups is 3. The molecular weight excluding hydrogens is 368 g/mol. The number of hydrogen-bond donors (Lipinski definition) is 7. The van der Waals surface area contributed by atoms with E-state index >= 15 is 0 Å². The highest BCUT2D eigenvalue weighted by molar-refractivity contribution is 5.74. The first-order valence-corrected chi connectivity index (χ1v) is 8.65. The molecule has 1 fully saturated rings. The third-order valence-corrected chi connectivity index (χ3v) is 4.70. The van der Waals surface area contributed by atoms with Gasteiger partial charge in [0.1, 0.15) is 47.8 Å². The van der Waals surface area contributed by atoms with Crippen LogP contribution in [0.3, 0.4) is 0 Å². The van der Waals surface area contributed by atoms with Crippen molar-refractivity contribution in [2.24, 2.45) is 0 Å². The van der Waals surface area contributed by atoms with Crippen molar-refractivity contribution >= 4 is 12.2 Å². The molecule has 0 spiro atoms. The summed E-state index contributed by atoms with van der Waals surface area (Å²) in [7, 11) is 0. The van der Waals surface area contributed by atoms with Gasteiger partial charge < -0.3 is 40.5 Å². The summed E-state index contributed by atoms with van der Waals surface area (Å²) in [6, 6.07) is 8.71. The first kappa shape index (κ1) is 20.1. The largest absolute Gasteiger partial charge is 0.508 e. The van der Waals surface area contributed by atoms with Crippen molar-refractivity contribution in [3.8, 4) is 17.2 Å². The van der Waals surface area contributed by atoms with Crippen LogP contribution in [-0.2, 0) is 4.74 Å². The normalized spacial score (nSPS) is 27.9. The Hall–Kier alpha value is -2.62. The Labute approximate surface area is 160 Å². The predicted octanol–water partition coefficient (Wildman–Crippen LogP) is 0.489. The minimum Gasteiger partial charge on any atom is -0.508 e. The molecule has 1 aliphatic heterocycles. The van der Waals surface area contributed by atoms with E-state index in [1.54, 1.807) is 24.3 Å². The van der Waals surface area contributed by atoms with E-state index in [-0.39, 0.29) is 22.8 Å². The van der Waals surface area contributed by atoms with Crippen molar-refractivity contribution in [1.29, 1.82) is 0 Å². The second-order valence-electron chi connectivity index (χ2n) is 6.64. The second kappa shape index (κ2) is 8.17. The fraction of sp³-hybridized carbons (Fsp3) is 0.300. The van der Waals surface area contributed by atoms with Gasteiger partial charge in [-0.15, -0.1) is 0 Å². The molecule has 8 nitrogen and oxygen atoms in total. The van der Waals surface area contributed by atoms with Crippen molar-refractivity contribution in [2.75, 3.05) is 6.61 Å². The smallest absolute Gasteiger partial charge is 0.125 e. The van der Waals surface area contributed by atoms with E-state index in [1.807, 2.05) is 0 Å². The Kier molecular flexibility index (Phi) is 5.87. The summed E-state index contributed by atoms with van der Waals surface area (Å²) in [5.41, 5.74) is 1.11. The first-order chi connectivity index (χ1) is 13.3. The van der Waals surface area contributed by atoms with Crippen LogP contribution >= 0.6 is 0 Å². The van der Waals surface area contributed by atoms with Crippen molar-refractivity contribution < 1.29 is 40.5 Å². The number of phenolic OH excluding ortho intramolecular Hbond substituents is 3. The molecule has 0 unspecified atom stereocenters. The Morgan fingerprint density at radius 1 is 0.821 bits per heavy atom. The quantitative estimate of drug-likeness (QED) is 0.373. The number of phenols is 3. The maximum atomic E-state index is 10.4. The van der Waals surface area contributed by atoms with E-state index in [9.17, 15) is 35.7 Å². The van der Waals surface area contributed by atoms with Crippen molar-refractivity contribution in [2.45, 2.75) is 30.5 Å². The third-order valence-electron chi connectivity index (χ3n) is 4.70. The lowest BCUT2D eigenvalue weighted by Gasteiger charge is -2.40. The van der Waals surface area contributed by atoms with Crippen LogP contribution < -0.4 is 0 Å². The summed E-state index contributed by atoms with van der Waals surface area (Å²) >= 11 is 0. The van der Waals surface area contributed by atoms with Crippen LogP contribution in [0.4, 0.5) is 0 Å². The van der Waals surface area contributed by atoms with E-state index in [2.05, 4.69) is 0 Å². The van der Waals surface area contributed by atoms with Crippen molar-refractivity contribution in [3.63, 3.8) is 0 Å². The van der Waals surface area contributed by atoms with Gasteiger partial charge in [-0.2, -0.15) is 0 Å². The van der Waals surface area contributed by atoms with Crippen molar-refractivity contribution in [3.05, 3.63) is 53.1 Å². The highest BCUT2D eigenvalue weighted by Gasteiger charge is 2.45. The van der Waals surface area contributed by atoms with Gasteiger partial charge in [0.2, 0.25) is 0 Å². The monoisotopic (exact) mass is 390 g/mol. The molecule has 28 heavy (non-hydrogen) atoms. The Morgan fingerprint density at radius 2 is 1.50 bits per heavy atom. The molecule has 150 valence electrons. The summed E-state index contributed by atoms with van der Waals surface area (Å²) in [6.45, 7) is -0.598. The SMILES string of the molecule is OC[C@H]1O[C@@H](c2c(O)cc(O)cc2/C=C/c2ccc(O)cc2)[C@H](O)[C@@H](O)[C@@H]1O. The third kappa shape index (κ3) is 3.96. The highest BCUT2D eigenvalue weighted by atomic mass is 16.5. The van der Waals surface area contributed by atoms with Gasteiger partial charge in [0.15, 0.2) is 0 Å². The molecule has 0 radical (unpaired) electrons. The number of benzene rings is 2. The maximum Gasteiger partial charge on any atom is 0.125 e. The van der Waals surface area contributed by atoms with Gasteiger partial charge in [0, 0.05) is 11.6 Å². The molecule has 2 aromatic carbocycles. The predicted molar refractivity (Wildman–Crippen MR) is 99.5 cm³/mol. The lowest BCUT2D eigenvalue weighted by atomic mass is 9.88. The molecule has 2 aromatic rings. The Morgan fingerprint density at radius 3 is 2.14 bits per heavy atom. The number of rotatable bonds is 4. The Bertz CT molecular complexity index is 846. The summed E-state index contributed by atoms with van der Waals surface area (Å²) < 4.78 is 5.53. The molecule has 0 aromatic heterocycles. The van der Waals surface area contributed by atoms with Crippen LogP contribution in [0.5, 0.6) is 17.2 Å². The highest BCUT2D eigenvalue weighted by Crippen LogP contribution is 2.41. The zero-order valence-electron chi connectivity index (χ0n) is 14.8. The van der Waals surface area contributed by atoms with Crippen LogP contribution in [0.2, 0.25) is 0 Å². The lowest BCUT2D eigenvalue weighted by Crippen LogP contribution is -2.55. The van der Waals surface area contributed by atoms with Crippen molar-refractivity contribution in [1.82, 2.24) is 0 Å². The molecule has 5 atom stereocenters. The van der Waals surface area contributed by atoms with E-state index in [0.29, 0.717) is 5.56 Å². The molecule has 1 heterocycles. The number of hydrogen-bond acceptors (Lipinski definition) is 8. The second-order valence-corrected chi connectivity index (χ2v) is 6.64. The van der Waals surface area contributed by atoms with E-state index in [1.165, 1.54) is 18.2 Å².